The van der Waals surface area contributed by atoms with Crippen molar-refractivity contribution in [3.8, 4) is 0 Å². The lowest BCUT2D eigenvalue weighted by Crippen LogP contribution is -2.42. The highest BCUT2D eigenvalue weighted by atomic mass is 35.5. The van der Waals surface area contributed by atoms with Crippen LogP contribution in [0.1, 0.15) is 30.6 Å². The number of benzene rings is 1. The van der Waals surface area contributed by atoms with Gasteiger partial charge < -0.3 is 15.8 Å². The van der Waals surface area contributed by atoms with Gasteiger partial charge in [0, 0.05) is 5.56 Å². The van der Waals surface area contributed by atoms with Gasteiger partial charge in [-0.25, -0.2) is 4.79 Å². The summed E-state index contributed by atoms with van der Waals surface area (Å²) in [6, 6.07) is 2.08. The van der Waals surface area contributed by atoms with E-state index in [1.165, 1.54) is 19.2 Å². The summed E-state index contributed by atoms with van der Waals surface area (Å²) in [5.74, 6) is -0.743. The van der Waals surface area contributed by atoms with Crippen LogP contribution in [-0.2, 0) is 9.53 Å². The molecule has 3 N–H and O–H groups in total. The Morgan fingerprint density at radius 1 is 1.29 bits per heavy atom. The molecule has 0 aromatic heterocycles. The molecule has 0 fully saturated rings. The van der Waals surface area contributed by atoms with Crippen LogP contribution in [0.15, 0.2) is 12.1 Å². The van der Waals surface area contributed by atoms with Gasteiger partial charge in [0.2, 0.25) is 0 Å². The predicted octanol–water partition coefficient (Wildman–Crippen LogP) is 2.89. The van der Waals surface area contributed by atoms with Gasteiger partial charge in [-0.05, 0) is 24.5 Å². The second-order valence-corrected chi connectivity index (χ2v) is 5.85. The molecule has 0 heterocycles. The largest absolute Gasteiger partial charge is 0.467 e. The fourth-order valence-corrected chi connectivity index (χ4v) is 2.27. The van der Waals surface area contributed by atoms with Crippen molar-refractivity contribution in [3.63, 3.8) is 0 Å². The van der Waals surface area contributed by atoms with Gasteiger partial charge in [0.15, 0.2) is 0 Å². The molecule has 1 rings (SSSR count). The molecule has 0 spiro atoms. The minimum absolute atomic E-state index is 0.186. The van der Waals surface area contributed by atoms with Crippen molar-refractivity contribution in [2.45, 2.75) is 26.3 Å². The highest BCUT2D eigenvalue weighted by Gasteiger charge is 2.23. The molecule has 1 atom stereocenters. The van der Waals surface area contributed by atoms with Gasteiger partial charge >= 0.3 is 5.97 Å². The Hall–Kier alpha value is -1.46. The fourth-order valence-electron chi connectivity index (χ4n) is 1.78. The lowest BCUT2D eigenvalue weighted by Gasteiger charge is -2.18. The van der Waals surface area contributed by atoms with E-state index in [9.17, 15) is 9.59 Å². The summed E-state index contributed by atoms with van der Waals surface area (Å²) in [7, 11) is 1.28. The third-order valence-corrected chi connectivity index (χ3v) is 3.46. The number of amides is 1. The molecule has 0 aliphatic rings. The average molecular weight is 333 g/mol. The number of ether oxygens (including phenoxy) is 1. The number of rotatable bonds is 5. The molecule has 0 bridgehead atoms. The van der Waals surface area contributed by atoms with Gasteiger partial charge in [-0.3, -0.25) is 4.79 Å². The van der Waals surface area contributed by atoms with Gasteiger partial charge in [0.25, 0.3) is 5.91 Å². The minimum atomic E-state index is -0.724. The first-order chi connectivity index (χ1) is 9.76. The van der Waals surface area contributed by atoms with Crippen LogP contribution in [0.5, 0.6) is 0 Å². The van der Waals surface area contributed by atoms with Crippen molar-refractivity contribution < 1.29 is 14.3 Å². The number of nitrogens with two attached hydrogens (primary N) is 1. The van der Waals surface area contributed by atoms with Gasteiger partial charge in [0.05, 0.1) is 22.8 Å². The summed E-state index contributed by atoms with van der Waals surface area (Å²) >= 11 is 11.8. The highest BCUT2D eigenvalue weighted by molar-refractivity contribution is 6.39. The Morgan fingerprint density at radius 3 is 2.24 bits per heavy atom. The third kappa shape index (κ3) is 4.79. The number of anilines is 1. The Balaban J connectivity index is 2.94. The second kappa shape index (κ2) is 7.52. The van der Waals surface area contributed by atoms with Crippen molar-refractivity contribution in [3.05, 3.63) is 27.7 Å². The molecule has 1 amide bonds. The third-order valence-electron chi connectivity index (χ3n) is 2.84. The molecule has 7 heteroatoms. The lowest BCUT2D eigenvalue weighted by atomic mass is 10.0. The van der Waals surface area contributed by atoms with Crippen molar-refractivity contribution in [2.24, 2.45) is 5.92 Å². The molecule has 1 aromatic carbocycles. The molecule has 0 saturated carbocycles. The van der Waals surface area contributed by atoms with Gasteiger partial charge in [-0.1, -0.05) is 37.0 Å². The number of halogens is 2. The van der Waals surface area contributed by atoms with Crippen LogP contribution in [0.2, 0.25) is 10.0 Å². The number of esters is 1. The van der Waals surface area contributed by atoms with E-state index in [0.717, 1.165) is 0 Å². The molecule has 0 radical (unpaired) electrons. The summed E-state index contributed by atoms with van der Waals surface area (Å²) in [6.07, 6.45) is 0.467. The van der Waals surface area contributed by atoms with Crippen LogP contribution < -0.4 is 11.1 Å². The number of carbonyl (C=O) groups is 2. The highest BCUT2D eigenvalue weighted by Crippen LogP contribution is 2.28. The molecular weight excluding hydrogens is 315 g/mol. The maximum Gasteiger partial charge on any atom is 0.328 e. The van der Waals surface area contributed by atoms with Crippen LogP contribution in [0, 0.1) is 5.92 Å². The first-order valence-corrected chi connectivity index (χ1v) is 7.15. The zero-order valence-corrected chi connectivity index (χ0v) is 13.6. The fraction of sp³-hybridized carbons (Fsp3) is 0.429. The van der Waals surface area contributed by atoms with Gasteiger partial charge in [-0.2, -0.15) is 0 Å². The molecule has 1 unspecified atom stereocenters. The Morgan fingerprint density at radius 2 is 1.81 bits per heavy atom. The number of nitrogen functional groups attached to an aromatic ring is 1. The van der Waals surface area contributed by atoms with Crippen LogP contribution in [0.4, 0.5) is 5.69 Å². The van der Waals surface area contributed by atoms with E-state index < -0.39 is 17.9 Å². The van der Waals surface area contributed by atoms with Crippen LogP contribution >= 0.6 is 23.2 Å². The van der Waals surface area contributed by atoms with E-state index in [0.29, 0.717) is 6.42 Å². The van der Waals surface area contributed by atoms with Crippen LogP contribution in [-0.4, -0.2) is 25.0 Å². The van der Waals surface area contributed by atoms with E-state index >= 15 is 0 Å². The smallest absolute Gasteiger partial charge is 0.328 e. The molecule has 21 heavy (non-hydrogen) atoms. The first kappa shape index (κ1) is 17.6. The summed E-state index contributed by atoms with van der Waals surface area (Å²) in [4.78, 5) is 23.9. The van der Waals surface area contributed by atoms with Crippen molar-refractivity contribution in [1.29, 1.82) is 0 Å². The molecule has 0 saturated heterocycles. The Kier molecular flexibility index (Phi) is 6.30. The maximum absolute atomic E-state index is 12.2. The predicted molar refractivity (Wildman–Crippen MR) is 83.6 cm³/mol. The van der Waals surface area contributed by atoms with Crippen LogP contribution in [0.25, 0.3) is 0 Å². The zero-order valence-electron chi connectivity index (χ0n) is 12.1. The minimum Gasteiger partial charge on any atom is -0.467 e. The number of methoxy groups -OCH3 is 1. The standard InChI is InChI=1S/C14H18Cl2N2O3/c1-7(2)4-11(14(20)21-3)18-13(19)8-5-9(15)12(17)10(16)6-8/h5-7,11H,4,17H2,1-3H3,(H,18,19). The van der Waals surface area contributed by atoms with E-state index in [1.54, 1.807) is 0 Å². The number of hydrogen-bond acceptors (Lipinski definition) is 4. The molecule has 1 aromatic rings. The molecule has 0 aliphatic carbocycles. The molecule has 116 valence electrons. The zero-order chi connectivity index (χ0) is 16.2. The van der Waals surface area contributed by atoms with Crippen molar-refractivity contribution in [1.82, 2.24) is 5.32 Å². The monoisotopic (exact) mass is 332 g/mol. The summed E-state index contributed by atoms with van der Waals surface area (Å²) in [6.45, 7) is 3.89. The molecular formula is C14H18Cl2N2O3. The van der Waals surface area contributed by atoms with Crippen molar-refractivity contribution in [2.75, 3.05) is 12.8 Å². The quantitative estimate of drug-likeness (QED) is 0.641. The number of nitrogens with one attached hydrogen (secondary N) is 1. The van der Waals surface area contributed by atoms with Crippen LogP contribution in [0.3, 0.4) is 0 Å². The lowest BCUT2D eigenvalue weighted by molar-refractivity contribution is -0.143. The summed E-state index contributed by atoms with van der Waals surface area (Å²) in [5, 5.41) is 2.99. The number of hydrogen-bond donors (Lipinski definition) is 2. The first-order valence-electron chi connectivity index (χ1n) is 6.39. The second-order valence-electron chi connectivity index (χ2n) is 5.03. The SMILES string of the molecule is COC(=O)C(CC(C)C)NC(=O)c1cc(Cl)c(N)c(Cl)c1. The van der Waals surface area contributed by atoms with Gasteiger partial charge in [-0.15, -0.1) is 0 Å². The van der Waals surface area contributed by atoms with E-state index in [-0.39, 0.29) is 27.2 Å². The Labute approximate surface area is 133 Å². The van der Waals surface area contributed by atoms with E-state index in [1.807, 2.05) is 13.8 Å². The summed E-state index contributed by atoms with van der Waals surface area (Å²) < 4.78 is 4.69. The molecule has 5 nitrogen and oxygen atoms in total. The van der Waals surface area contributed by atoms with E-state index in [4.69, 9.17) is 33.7 Å². The maximum atomic E-state index is 12.2. The normalized spacial score (nSPS) is 12.1. The topological polar surface area (TPSA) is 81.4 Å². The van der Waals surface area contributed by atoms with Crippen molar-refractivity contribution >= 4 is 40.8 Å². The Bertz CT molecular complexity index is 524. The average Bonchev–Trinajstić information content (AvgIpc) is 2.41. The van der Waals surface area contributed by atoms with Gasteiger partial charge in [0.1, 0.15) is 6.04 Å². The van der Waals surface area contributed by atoms with E-state index in [2.05, 4.69) is 5.32 Å². The number of carbonyl (C=O) groups excluding carboxylic acids is 2. The summed E-state index contributed by atoms with van der Waals surface area (Å²) in [5.41, 5.74) is 6.06. The molecule has 0 aliphatic heterocycles.